The van der Waals surface area contributed by atoms with Crippen LogP contribution in [0.1, 0.15) is 38.1 Å². The number of ether oxygens (including phenoxy) is 2. The fourth-order valence-electron chi connectivity index (χ4n) is 5.71. The number of hydrogen-bond acceptors (Lipinski definition) is 5. The highest BCUT2D eigenvalue weighted by molar-refractivity contribution is 6.04. The molecule has 0 atom stereocenters. The van der Waals surface area contributed by atoms with E-state index in [9.17, 15) is 4.79 Å². The third kappa shape index (κ3) is 4.20. The first kappa shape index (κ1) is 23.3. The maximum Gasteiger partial charge on any atom is 0.329 e. The quantitative estimate of drug-likeness (QED) is 0.336. The molecule has 2 aliphatic rings. The molecule has 0 amide bonds. The fraction of sp³-hybridized carbons (Fsp3) is 0.448. The zero-order valence-corrected chi connectivity index (χ0v) is 21.2. The number of aryl methyl sites for hydroxylation is 1. The monoisotopic (exact) mass is 486 g/mol. The van der Waals surface area contributed by atoms with E-state index in [4.69, 9.17) is 9.47 Å². The Bertz CT molecular complexity index is 1430. The van der Waals surface area contributed by atoms with Crippen LogP contribution in [0.3, 0.4) is 0 Å². The SMILES string of the molecule is CO[C@H]1C[C@H](n2c(=O)n(C)c3cnc4ccc(-c5ccc(OCCCN6CCCC6)cc5)cc4c32)C1. The third-order valence-corrected chi connectivity index (χ3v) is 7.96. The van der Waals surface area contributed by atoms with Crippen LogP contribution in [0.25, 0.3) is 33.1 Å². The Hall–Kier alpha value is -3.16. The molecule has 0 N–H and O–H groups in total. The molecule has 36 heavy (non-hydrogen) atoms. The van der Waals surface area contributed by atoms with Crippen molar-refractivity contribution >= 4 is 21.9 Å². The highest BCUT2D eigenvalue weighted by Crippen LogP contribution is 2.37. The zero-order chi connectivity index (χ0) is 24.6. The molecule has 0 radical (unpaired) electrons. The minimum atomic E-state index is 0.00971. The van der Waals surface area contributed by atoms with Gasteiger partial charge < -0.3 is 14.4 Å². The predicted octanol–water partition coefficient (Wildman–Crippen LogP) is 4.77. The highest BCUT2D eigenvalue weighted by Gasteiger charge is 2.33. The summed E-state index contributed by atoms with van der Waals surface area (Å²) in [5.41, 5.74) is 4.95. The van der Waals surface area contributed by atoms with Gasteiger partial charge in [0.15, 0.2) is 0 Å². The molecule has 2 aromatic heterocycles. The lowest BCUT2D eigenvalue weighted by molar-refractivity contribution is 0.00635. The molecular formula is C29H34N4O3. The van der Waals surface area contributed by atoms with E-state index in [0.717, 1.165) is 71.2 Å². The summed E-state index contributed by atoms with van der Waals surface area (Å²) >= 11 is 0. The van der Waals surface area contributed by atoms with Gasteiger partial charge >= 0.3 is 5.69 Å². The van der Waals surface area contributed by atoms with Gasteiger partial charge in [-0.05, 0) is 80.6 Å². The van der Waals surface area contributed by atoms with Crippen molar-refractivity contribution in [3.05, 3.63) is 59.1 Å². The van der Waals surface area contributed by atoms with Gasteiger partial charge in [0.05, 0.1) is 35.5 Å². The lowest BCUT2D eigenvalue weighted by Crippen LogP contribution is -2.37. The van der Waals surface area contributed by atoms with Crippen LogP contribution in [0.4, 0.5) is 0 Å². The Morgan fingerprint density at radius 1 is 1.03 bits per heavy atom. The number of rotatable bonds is 8. The molecule has 6 rings (SSSR count). The Morgan fingerprint density at radius 2 is 1.78 bits per heavy atom. The third-order valence-electron chi connectivity index (χ3n) is 7.96. The van der Waals surface area contributed by atoms with E-state index in [1.807, 2.05) is 36.0 Å². The summed E-state index contributed by atoms with van der Waals surface area (Å²) in [6, 6.07) is 14.8. The molecule has 188 valence electrons. The van der Waals surface area contributed by atoms with Crippen molar-refractivity contribution in [2.45, 2.75) is 44.2 Å². The minimum absolute atomic E-state index is 0.00971. The van der Waals surface area contributed by atoms with E-state index in [-0.39, 0.29) is 17.8 Å². The van der Waals surface area contributed by atoms with Gasteiger partial charge in [0.2, 0.25) is 0 Å². The summed E-state index contributed by atoms with van der Waals surface area (Å²) in [6.07, 6.45) is 7.47. The zero-order valence-electron chi connectivity index (χ0n) is 21.2. The van der Waals surface area contributed by atoms with Gasteiger partial charge in [0.25, 0.3) is 0 Å². The number of imidazole rings is 1. The van der Waals surface area contributed by atoms with Crippen molar-refractivity contribution in [1.82, 2.24) is 19.0 Å². The standard InChI is InChI=1S/C29H34N4O3/c1-31-27-19-30-26-11-8-21(16-25(26)28(27)33(29(31)34)22-17-24(18-22)35-2)20-6-9-23(10-7-20)36-15-5-14-32-12-3-4-13-32/h6-11,16,19,22,24H,3-5,12-15,17-18H2,1-2H3/t22-,24-. The first-order chi connectivity index (χ1) is 17.6. The van der Waals surface area contributed by atoms with Crippen molar-refractivity contribution < 1.29 is 9.47 Å². The largest absolute Gasteiger partial charge is 0.494 e. The first-order valence-electron chi connectivity index (χ1n) is 13.1. The van der Waals surface area contributed by atoms with Gasteiger partial charge in [-0.2, -0.15) is 0 Å². The number of benzene rings is 2. The van der Waals surface area contributed by atoms with Crippen LogP contribution in [-0.2, 0) is 11.8 Å². The molecule has 3 heterocycles. The van der Waals surface area contributed by atoms with Crippen LogP contribution < -0.4 is 10.4 Å². The molecule has 0 unspecified atom stereocenters. The molecule has 7 heteroatoms. The number of methoxy groups -OCH3 is 1. The molecule has 1 saturated heterocycles. The van der Waals surface area contributed by atoms with E-state index in [0.29, 0.717) is 0 Å². The maximum atomic E-state index is 13.2. The van der Waals surface area contributed by atoms with Crippen LogP contribution in [0.15, 0.2) is 53.5 Å². The normalized spacial score (nSPS) is 20.3. The summed E-state index contributed by atoms with van der Waals surface area (Å²) in [5, 5.41) is 1.01. The summed E-state index contributed by atoms with van der Waals surface area (Å²) in [7, 11) is 3.57. The topological polar surface area (TPSA) is 61.5 Å². The van der Waals surface area contributed by atoms with Crippen molar-refractivity contribution in [3.8, 4) is 16.9 Å². The molecule has 1 aliphatic heterocycles. The van der Waals surface area contributed by atoms with E-state index in [1.54, 1.807) is 11.7 Å². The van der Waals surface area contributed by atoms with Crippen molar-refractivity contribution in [1.29, 1.82) is 0 Å². The van der Waals surface area contributed by atoms with E-state index in [2.05, 4.69) is 34.1 Å². The van der Waals surface area contributed by atoms with Crippen LogP contribution in [-0.4, -0.2) is 58.5 Å². The van der Waals surface area contributed by atoms with Crippen LogP contribution >= 0.6 is 0 Å². The summed E-state index contributed by atoms with van der Waals surface area (Å²) in [6.45, 7) is 4.33. The van der Waals surface area contributed by atoms with Gasteiger partial charge in [-0.15, -0.1) is 0 Å². The molecule has 4 aromatic rings. The minimum Gasteiger partial charge on any atom is -0.494 e. The molecule has 2 aromatic carbocycles. The van der Waals surface area contributed by atoms with Gasteiger partial charge in [-0.25, -0.2) is 4.79 Å². The molecular weight excluding hydrogens is 452 g/mol. The second kappa shape index (κ2) is 9.71. The number of likely N-dealkylation sites (tertiary alicyclic amines) is 1. The van der Waals surface area contributed by atoms with Gasteiger partial charge in [0.1, 0.15) is 5.75 Å². The maximum absolute atomic E-state index is 13.2. The number of fused-ring (bicyclic) bond motifs is 3. The predicted molar refractivity (Wildman–Crippen MR) is 143 cm³/mol. The van der Waals surface area contributed by atoms with Crippen LogP contribution in [0.2, 0.25) is 0 Å². The van der Waals surface area contributed by atoms with Gasteiger partial charge in [-0.1, -0.05) is 18.2 Å². The lowest BCUT2D eigenvalue weighted by Gasteiger charge is -2.34. The Morgan fingerprint density at radius 3 is 2.53 bits per heavy atom. The molecule has 1 saturated carbocycles. The Balaban J connectivity index is 1.26. The summed E-state index contributed by atoms with van der Waals surface area (Å²) < 4.78 is 15.1. The molecule has 2 fully saturated rings. The molecule has 1 aliphatic carbocycles. The Labute approximate surface area is 211 Å². The van der Waals surface area contributed by atoms with Crippen molar-refractivity contribution in [2.75, 3.05) is 33.4 Å². The van der Waals surface area contributed by atoms with E-state index >= 15 is 0 Å². The molecule has 0 bridgehead atoms. The molecule has 7 nitrogen and oxygen atoms in total. The fourth-order valence-corrected chi connectivity index (χ4v) is 5.71. The second-order valence-corrected chi connectivity index (χ2v) is 10.2. The van der Waals surface area contributed by atoms with Gasteiger partial charge in [0, 0.05) is 32.1 Å². The smallest absolute Gasteiger partial charge is 0.329 e. The van der Waals surface area contributed by atoms with Gasteiger partial charge in [-0.3, -0.25) is 14.1 Å². The summed E-state index contributed by atoms with van der Waals surface area (Å²) in [5.74, 6) is 0.902. The van der Waals surface area contributed by atoms with Crippen LogP contribution in [0.5, 0.6) is 5.75 Å². The Kier molecular flexibility index (Phi) is 6.27. The number of nitrogens with zero attached hydrogens (tertiary/aromatic N) is 4. The average Bonchev–Trinajstić information content (AvgIpc) is 3.49. The number of aromatic nitrogens is 3. The number of hydrogen-bond donors (Lipinski definition) is 0. The van der Waals surface area contributed by atoms with Crippen LogP contribution in [0, 0.1) is 0 Å². The highest BCUT2D eigenvalue weighted by atomic mass is 16.5. The van der Waals surface area contributed by atoms with E-state index in [1.165, 1.54) is 25.9 Å². The second-order valence-electron chi connectivity index (χ2n) is 10.2. The first-order valence-corrected chi connectivity index (χ1v) is 13.1. The van der Waals surface area contributed by atoms with Crippen molar-refractivity contribution in [2.24, 2.45) is 7.05 Å². The molecule has 0 spiro atoms. The van der Waals surface area contributed by atoms with E-state index < -0.39 is 0 Å². The lowest BCUT2D eigenvalue weighted by atomic mass is 9.89. The number of pyridine rings is 1. The van der Waals surface area contributed by atoms with Crippen molar-refractivity contribution in [3.63, 3.8) is 0 Å². The average molecular weight is 487 g/mol. The summed E-state index contributed by atoms with van der Waals surface area (Å²) in [4.78, 5) is 20.4.